The zero-order chi connectivity index (χ0) is 23.4. The van der Waals surface area contributed by atoms with Crippen molar-refractivity contribution in [2.45, 2.75) is 30.5 Å². The number of rotatable bonds is 8. The maximum absolute atomic E-state index is 13.0. The molecule has 32 heavy (non-hydrogen) atoms. The van der Waals surface area contributed by atoms with Gasteiger partial charge in [0.2, 0.25) is 15.9 Å². The Morgan fingerprint density at radius 3 is 2.59 bits per heavy atom. The van der Waals surface area contributed by atoms with Crippen molar-refractivity contribution in [1.29, 1.82) is 0 Å². The molecule has 2 heterocycles. The van der Waals surface area contributed by atoms with Crippen LogP contribution in [-0.4, -0.2) is 56.6 Å². The van der Waals surface area contributed by atoms with Gasteiger partial charge in [-0.05, 0) is 37.1 Å². The molecule has 0 saturated carbocycles. The third kappa shape index (κ3) is 5.68. The van der Waals surface area contributed by atoms with Gasteiger partial charge in [0.1, 0.15) is 10.6 Å². The van der Waals surface area contributed by atoms with Gasteiger partial charge in [-0.3, -0.25) is 4.79 Å². The maximum Gasteiger partial charge on any atom is 0.422 e. The van der Waals surface area contributed by atoms with Crippen LogP contribution in [0.5, 0.6) is 11.6 Å². The first kappa shape index (κ1) is 23.8. The minimum absolute atomic E-state index is 0.0604. The molecule has 3 rings (SSSR count). The lowest BCUT2D eigenvalue weighted by Gasteiger charge is -2.18. The summed E-state index contributed by atoms with van der Waals surface area (Å²) in [5.74, 6) is -0.753. The number of pyridine rings is 1. The summed E-state index contributed by atoms with van der Waals surface area (Å²) in [5.41, 5.74) is 0.300. The van der Waals surface area contributed by atoms with Crippen LogP contribution >= 0.6 is 0 Å². The molecule has 0 bridgehead atoms. The van der Waals surface area contributed by atoms with Gasteiger partial charge < -0.3 is 14.8 Å². The molecule has 8 nitrogen and oxygen atoms in total. The zero-order valence-electron chi connectivity index (χ0n) is 17.2. The van der Waals surface area contributed by atoms with E-state index in [1.54, 1.807) is 0 Å². The third-order valence-electron chi connectivity index (χ3n) is 4.77. The molecule has 12 heteroatoms. The van der Waals surface area contributed by atoms with E-state index in [4.69, 9.17) is 9.47 Å². The second-order valence-electron chi connectivity index (χ2n) is 7.03. The highest BCUT2D eigenvalue weighted by atomic mass is 32.2. The van der Waals surface area contributed by atoms with Crippen LogP contribution < -0.4 is 14.8 Å². The second-order valence-corrected chi connectivity index (χ2v) is 8.94. The van der Waals surface area contributed by atoms with Crippen molar-refractivity contribution in [3.63, 3.8) is 0 Å². The van der Waals surface area contributed by atoms with E-state index in [-0.39, 0.29) is 34.2 Å². The number of alkyl halides is 3. The fourth-order valence-electron chi connectivity index (χ4n) is 3.20. The Labute approximate surface area is 183 Å². The molecule has 1 aliphatic heterocycles. The second kappa shape index (κ2) is 9.74. The number of aromatic nitrogens is 1. The number of amides is 1. The molecule has 0 aliphatic carbocycles. The van der Waals surface area contributed by atoms with E-state index in [9.17, 15) is 26.4 Å². The number of nitrogens with one attached hydrogen (secondary N) is 1. The molecule has 1 N–H and O–H groups in total. The summed E-state index contributed by atoms with van der Waals surface area (Å²) in [5, 5.41) is 2.55. The Kier molecular flexibility index (Phi) is 7.24. The summed E-state index contributed by atoms with van der Waals surface area (Å²) in [6, 6.07) is 6.99. The Hall–Kier alpha value is -2.86. The Morgan fingerprint density at radius 1 is 1.22 bits per heavy atom. The zero-order valence-corrected chi connectivity index (χ0v) is 18.0. The van der Waals surface area contributed by atoms with Gasteiger partial charge in [0.25, 0.3) is 5.91 Å². The van der Waals surface area contributed by atoms with Crippen LogP contribution in [0.3, 0.4) is 0 Å². The minimum Gasteiger partial charge on any atom is -0.495 e. The number of ether oxygens (including phenoxy) is 2. The van der Waals surface area contributed by atoms with Gasteiger partial charge in [-0.25, -0.2) is 13.4 Å². The first-order valence-electron chi connectivity index (χ1n) is 9.71. The minimum atomic E-state index is -4.53. The van der Waals surface area contributed by atoms with Gasteiger partial charge in [0.15, 0.2) is 6.61 Å². The van der Waals surface area contributed by atoms with Gasteiger partial charge in [-0.15, -0.1) is 0 Å². The van der Waals surface area contributed by atoms with Crippen molar-refractivity contribution in [1.82, 2.24) is 14.6 Å². The number of hydrogen-bond acceptors (Lipinski definition) is 6. The molecule has 1 amide bonds. The van der Waals surface area contributed by atoms with Gasteiger partial charge in [0.05, 0.1) is 7.11 Å². The maximum atomic E-state index is 13.0. The first-order valence-corrected chi connectivity index (χ1v) is 11.2. The normalized spacial score (nSPS) is 14.9. The summed E-state index contributed by atoms with van der Waals surface area (Å²) in [6.07, 6.45) is -1.74. The third-order valence-corrected chi connectivity index (χ3v) is 6.69. The average Bonchev–Trinajstić information content (AvgIpc) is 3.31. The van der Waals surface area contributed by atoms with Crippen LogP contribution in [0.1, 0.15) is 28.8 Å². The number of hydrogen-bond donors (Lipinski definition) is 1. The van der Waals surface area contributed by atoms with Gasteiger partial charge in [-0.1, -0.05) is 6.07 Å². The lowest BCUT2D eigenvalue weighted by molar-refractivity contribution is -0.154. The van der Waals surface area contributed by atoms with Gasteiger partial charge in [-0.2, -0.15) is 17.5 Å². The number of halogens is 3. The lowest BCUT2D eigenvalue weighted by Crippen LogP contribution is -2.29. The summed E-state index contributed by atoms with van der Waals surface area (Å²) in [7, 11) is -2.50. The monoisotopic (exact) mass is 473 g/mol. The van der Waals surface area contributed by atoms with E-state index in [1.165, 1.54) is 47.9 Å². The number of nitrogens with zero attached hydrogens (tertiary/aromatic N) is 2. The highest BCUT2D eigenvalue weighted by Gasteiger charge is 2.31. The van der Waals surface area contributed by atoms with E-state index in [0.29, 0.717) is 13.1 Å². The summed E-state index contributed by atoms with van der Waals surface area (Å²) < 4.78 is 74.4. The van der Waals surface area contributed by atoms with E-state index in [0.717, 1.165) is 12.8 Å². The fraction of sp³-hybridized carbons (Fsp3) is 0.400. The molecule has 0 spiro atoms. The van der Waals surface area contributed by atoms with Crippen LogP contribution in [0, 0.1) is 0 Å². The Morgan fingerprint density at radius 2 is 1.94 bits per heavy atom. The average molecular weight is 473 g/mol. The molecular formula is C20H22F3N3O5S. The molecule has 0 atom stereocenters. The quantitative estimate of drug-likeness (QED) is 0.633. The van der Waals surface area contributed by atoms with Crippen molar-refractivity contribution >= 4 is 15.9 Å². The molecule has 2 aromatic rings. The first-order chi connectivity index (χ1) is 15.1. The van der Waals surface area contributed by atoms with Crippen molar-refractivity contribution in [3.8, 4) is 11.6 Å². The topological polar surface area (TPSA) is 97.8 Å². The number of benzene rings is 1. The predicted molar refractivity (Wildman–Crippen MR) is 108 cm³/mol. The predicted octanol–water partition coefficient (Wildman–Crippen LogP) is 2.75. The van der Waals surface area contributed by atoms with E-state index in [1.807, 2.05) is 0 Å². The standard InChI is InChI=1S/C20H22F3N3O5S/c1-30-16-7-6-14(11-17(16)32(28,29)26-9-2-3-10-26)18(27)25-12-15-5-4-8-24-19(15)31-13-20(21,22)23/h4-8,11H,2-3,9-10,12-13H2,1H3,(H,25,27). The SMILES string of the molecule is COc1ccc(C(=O)NCc2cccnc2OCC(F)(F)F)cc1S(=O)(=O)N1CCCC1. The summed E-state index contributed by atoms with van der Waals surface area (Å²) in [6.45, 7) is -0.894. The number of sulfonamides is 1. The smallest absolute Gasteiger partial charge is 0.422 e. The van der Waals surface area contributed by atoms with E-state index < -0.39 is 28.7 Å². The molecule has 174 valence electrons. The van der Waals surface area contributed by atoms with Crippen molar-refractivity contribution in [2.75, 3.05) is 26.8 Å². The summed E-state index contributed by atoms with van der Waals surface area (Å²) in [4.78, 5) is 16.3. The van der Waals surface area contributed by atoms with Crippen molar-refractivity contribution in [2.24, 2.45) is 0 Å². The van der Waals surface area contributed by atoms with Crippen LogP contribution in [0.15, 0.2) is 41.4 Å². The number of carbonyl (C=O) groups is 1. The molecule has 0 unspecified atom stereocenters. The van der Waals surface area contributed by atoms with Gasteiger partial charge >= 0.3 is 6.18 Å². The van der Waals surface area contributed by atoms with Crippen LogP contribution in [0.2, 0.25) is 0 Å². The Bertz CT molecular complexity index is 1070. The highest BCUT2D eigenvalue weighted by molar-refractivity contribution is 7.89. The largest absolute Gasteiger partial charge is 0.495 e. The van der Waals surface area contributed by atoms with Crippen LogP contribution in [0.4, 0.5) is 13.2 Å². The number of methoxy groups -OCH3 is 1. The van der Waals surface area contributed by atoms with Crippen molar-refractivity contribution < 1.29 is 35.9 Å². The van der Waals surface area contributed by atoms with Crippen LogP contribution in [-0.2, 0) is 16.6 Å². The number of carbonyl (C=O) groups excluding carboxylic acids is 1. The fourth-order valence-corrected chi connectivity index (χ4v) is 4.90. The van der Waals surface area contributed by atoms with E-state index >= 15 is 0 Å². The Balaban J connectivity index is 1.77. The summed E-state index contributed by atoms with van der Waals surface area (Å²) >= 11 is 0. The molecule has 1 aliphatic rings. The molecule has 1 fully saturated rings. The lowest BCUT2D eigenvalue weighted by atomic mass is 10.2. The molecule has 1 saturated heterocycles. The molecular weight excluding hydrogens is 451 g/mol. The van der Waals surface area contributed by atoms with E-state index in [2.05, 4.69) is 10.3 Å². The molecule has 1 aromatic carbocycles. The highest BCUT2D eigenvalue weighted by Crippen LogP contribution is 2.30. The molecule has 0 radical (unpaired) electrons. The van der Waals surface area contributed by atoms with Crippen molar-refractivity contribution in [3.05, 3.63) is 47.7 Å². The van der Waals surface area contributed by atoms with Crippen LogP contribution in [0.25, 0.3) is 0 Å². The van der Waals surface area contributed by atoms with Gasteiger partial charge in [0, 0.05) is 37.0 Å². The molecule has 1 aromatic heterocycles.